The average Bonchev–Trinajstić information content (AvgIpc) is 3.38. The van der Waals surface area contributed by atoms with Gasteiger partial charge in [-0.05, 0) is 36.3 Å². The number of benzene rings is 2. The van der Waals surface area contributed by atoms with E-state index in [4.69, 9.17) is 9.47 Å². The first-order valence-electron chi connectivity index (χ1n) is 10.9. The number of fused-ring (bicyclic) bond motifs is 1. The molecule has 0 radical (unpaired) electrons. The summed E-state index contributed by atoms with van der Waals surface area (Å²) in [7, 11) is 1.63. The van der Waals surface area contributed by atoms with Gasteiger partial charge in [0.15, 0.2) is 0 Å². The van der Waals surface area contributed by atoms with Gasteiger partial charge in [-0.2, -0.15) is 0 Å². The number of morpholine rings is 1. The van der Waals surface area contributed by atoms with Crippen LogP contribution in [-0.4, -0.2) is 55.1 Å². The van der Waals surface area contributed by atoms with Crippen LogP contribution in [0.3, 0.4) is 0 Å². The van der Waals surface area contributed by atoms with Crippen LogP contribution in [0.4, 0.5) is 5.69 Å². The van der Waals surface area contributed by atoms with Gasteiger partial charge in [0.05, 0.1) is 31.5 Å². The number of H-pyrrole nitrogens is 1. The van der Waals surface area contributed by atoms with Crippen molar-refractivity contribution >= 4 is 29.2 Å². The fourth-order valence-corrected chi connectivity index (χ4v) is 4.43. The molecule has 0 unspecified atom stereocenters. The quantitative estimate of drug-likeness (QED) is 0.598. The minimum Gasteiger partial charge on any atom is -0.496 e. The number of aromatic nitrogens is 1. The van der Waals surface area contributed by atoms with Gasteiger partial charge in [-0.1, -0.05) is 30.3 Å². The normalized spacial score (nSPS) is 16.6. The molecule has 0 atom stereocenters. The summed E-state index contributed by atoms with van der Waals surface area (Å²) in [6.07, 6.45) is 3.54. The lowest BCUT2D eigenvalue weighted by Gasteiger charge is -2.26. The molecule has 3 heterocycles. The van der Waals surface area contributed by atoms with Crippen LogP contribution in [0, 0.1) is 6.92 Å². The summed E-state index contributed by atoms with van der Waals surface area (Å²) in [5, 5.41) is 2.96. The number of carbonyl (C=O) groups is 2. The molecule has 33 heavy (non-hydrogen) atoms. The molecule has 2 amide bonds. The molecule has 3 aromatic rings. The fourth-order valence-electron chi connectivity index (χ4n) is 4.43. The van der Waals surface area contributed by atoms with E-state index in [-0.39, 0.29) is 11.8 Å². The van der Waals surface area contributed by atoms with E-state index >= 15 is 0 Å². The molecule has 0 spiro atoms. The minimum atomic E-state index is -0.189. The Morgan fingerprint density at radius 2 is 1.85 bits per heavy atom. The number of hydrogen-bond donors (Lipinski definition) is 2. The van der Waals surface area contributed by atoms with E-state index < -0.39 is 0 Å². The van der Waals surface area contributed by atoms with Gasteiger partial charge in [-0.15, -0.1) is 0 Å². The van der Waals surface area contributed by atoms with Crippen LogP contribution >= 0.6 is 0 Å². The predicted octanol–water partition coefficient (Wildman–Crippen LogP) is 3.96. The van der Waals surface area contributed by atoms with Crippen molar-refractivity contribution in [2.24, 2.45) is 0 Å². The van der Waals surface area contributed by atoms with Crippen LogP contribution < -0.4 is 10.1 Å². The van der Waals surface area contributed by atoms with Crippen molar-refractivity contribution in [3.05, 3.63) is 71.0 Å². The third-order valence-electron chi connectivity index (χ3n) is 6.21. The SMILES string of the molecule is COc1ccc2c(c1-c1ccccc1)C(=Cc1[nH]cc(C(=O)N3CCOCC3)c1C)C(=O)N2. The number of methoxy groups -OCH3 is 1. The van der Waals surface area contributed by atoms with Crippen LogP contribution in [0.1, 0.15) is 27.2 Å². The zero-order valence-corrected chi connectivity index (χ0v) is 18.6. The van der Waals surface area contributed by atoms with Gasteiger partial charge in [-0.3, -0.25) is 9.59 Å². The molecule has 1 fully saturated rings. The molecule has 2 aliphatic rings. The number of rotatable bonds is 4. The zero-order chi connectivity index (χ0) is 22.9. The van der Waals surface area contributed by atoms with Crippen LogP contribution in [0.5, 0.6) is 5.75 Å². The Labute approximate surface area is 192 Å². The lowest BCUT2D eigenvalue weighted by Crippen LogP contribution is -2.40. The molecule has 0 saturated carbocycles. The topological polar surface area (TPSA) is 83.7 Å². The van der Waals surface area contributed by atoms with Crippen molar-refractivity contribution in [3.8, 4) is 16.9 Å². The zero-order valence-electron chi connectivity index (χ0n) is 18.6. The first-order valence-corrected chi connectivity index (χ1v) is 10.9. The largest absolute Gasteiger partial charge is 0.496 e. The van der Waals surface area contributed by atoms with Crippen molar-refractivity contribution < 1.29 is 19.1 Å². The lowest BCUT2D eigenvalue weighted by molar-refractivity contribution is -0.110. The molecule has 2 N–H and O–H groups in total. The Bertz CT molecular complexity index is 1250. The molecule has 2 aromatic carbocycles. The highest BCUT2D eigenvalue weighted by molar-refractivity contribution is 6.36. The van der Waals surface area contributed by atoms with Crippen molar-refractivity contribution in [1.82, 2.24) is 9.88 Å². The molecular formula is C26H25N3O4. The second-order valence-electron chi connectivity index (χ2n) is 8.09. The Kier molecular flexibility index (Phi) is 5.48. The Balaban J connectivity index is 1.59. The number of carbonyl (C=O) groups excluding carboxylic acids is 2. The molecule has 5 rings (SSSR count). The van der Waals surface area contributed by atoms with Gasteiger partial charge in [0.2, 0.25) is 0 Å². The highest BCUT2D eigenvalue weighted by Gasteiger charge is 2.30. The fraction of sp³-hybridized carbons (Fsp3) is 0.231. The van der Waals surface area contributed by atoms with E-state index in [1.807, 2.05) is 55.5 Å². The third-order valence-corrected chi connectivity index (χ3v) is 6.21. The summed E-state index contributed by atoms with van der Waals surface area (Å²) in [6, 6.07) is 13.6. The number of nitrogens with zero attached hydrogens (tertiary/aromatic N) is 1. The standard InChI is InChI=1S/C26H25N3O4/c1-16-19(26(31)29-10-12-33-13-11-29)15-27-21(16)14-18-24-20(28-25(18)30)8-9-22(32-2)23(24)17-6-4-3-5-7-17/h3-9,14-15,27H,10-13H2,1-2H3,(H,28,30). The maximum Gasteiger partial charge on any atom is 0.256 e. The van der Waals surface area contributed by atoms with Gasteiger partial charge < -0.3 is 24.7 Å². The first-order chi connectivity index (χ1) is 16.1. The second-order valence-corrected chi connectivity index (χ2v) is 8.09. The van der Waals surface area contributed by atoms with Crippen molar-refractivity contribution in [1.29, 1.82) is 0 Å². The van der Waals surface area contributed by atoms with Crippen molar-refractivity contribution in [2.45, 2.75) is 6.92 Å². The highest BCUT2D eigenvalue weighted by atomic mass is 16.5. The second kappa shape index (κ2) is 8.60. The molecule has 1 aromatic heterocycles. The molecule has 1 saturated heterocycles. The molecule has 0 aliphatic carbocycles. The number of amides is 2. The van der Waals surface area contributed by atoms with E-state index in [0.29, 0.717) is 43.2 Å². The minimum absolute atomic E-state index is 0.0281. The summed E-state index contributed by atoms with van der Waals surface area (Å²) >= 11 is 0. The maximum atomic E-state index is 13.0. The van der Waals surface area contributed by atoms with Gasteiger partial charge in [-0.25, -0.2) is 0 Å². The third kappa shape index (κ3) is 3.70. The molecule has 2 aliphatic heterocycles. The monoisotopic (exact) mass is 443 g/mol. The van der Waals surface area contributed by atoms with Crippen molar-refractivity contribution in [2.75, 3.05) is 38.7 Å². The summed E-state index contributed by atoms with van der Waals surface area (Å²) in [5.74, 6) is 0.471. The van der Waals surface area contributed by atoms with Crippen LogP contribution in [0.15, 0.2) is 48.7 Å². The van der Waals surface area contributed by atoms with E-state index in [9.17, 15) is 9.59 Å². The summed E-state index contributed by atoms with van der Waals surface area (Å²) in [4.78, 5) is 31.0. The van der Waals surface area contributed by atoms with E-state index in [2.05, 4.69) is 10.3 Å². The van der Waals surface area contributed by atoms with Gasteiger partial charge in [0.1, 0.15) is 5.75 Å². The van der Waals surface area contributed by atoms with Crippen LogP contribution in [0.25, 0.3) is 22.8 Å². The Morgan fingerprint density at radius 1 is 1.09 bits per heavy atom. The van der Waals surface area contributed by atoms with Gasteiger partial charge >= 0.3 is 0 Å². The first kappa shape index (κ1) is 21.0. The number of nitrogens with one attached hydrogen (secondary N) is 2. The van der Waals surface area contributed by atoms with E-state index in [1.54, 1.807) is 18.2 Å². The number of hydrogen-bond acceptors (Lipinski definition) is 4. The lowest BCUT2D eigenvalue weighted by atomic mass is 9.93. The molecule has 7 nitrogen and oxygen atoms in total. The number of ether oxygens (including phenoxy) is 2. The van der Waals surface area contributed by atoms with Crippen LogP contribution in [-0.2, 0) is 9.53 Å². The Morgan fingerprint density at radius 3 is 2.58 bits per heavy atom. The molecule has 7 heteroatoms. The van der Waals surface area contributed by atoms with Crippen LogP contribution in [0.2, 0.25) is 0 Å². The summed E-state index contributed by atoms with van der Waals surface area (Å²) in [5.41, 5.74) is 6.01. The summed E-state index contributed by atoms with van der Waals surface area (Å²) in [6.45, 7) is 4.15. The molecule has 0 bridgehead atoms. The maximum absolute atomic E-state index is 13.0. The molecular weight excluding hydrogens is 418 g/mol. The van der Waals surface area contributed by atoms with E-state index in [0.717, 1.165) is 33.6 Å². The van der Waals surface area contributed by atoms with Crippen molar-refractivity contribution in [3.63, 3.8) is 0 Å². The smallest absolute Gasteiger partial charge is 0.256 e. The highest BCUT2D eigenvalue weighted by Crippen LogP contribution is 2.45. The van der Waals surface area contributed by atoms with Gasteiger partial charge in [0.25, 0.3) is 11.8 Å². The van der Waals surface area contributed by atoms with E-state index in [1.165, 1.54) is 0 Å². The predicted molar refractivity (Wildman–Crippen MR) is 127 cm³/mol. The number of anilines is 1. The Hall–Kier alpha value is -3.84. The number of aromatic amines is 1. The molecule has 168 valence electrons. The average molecular weight is 444 g/mol. The van der Waals surface area contributed by atoms with Gasteiger partial charge in [0, 0.05) is 41.8 Å². The summed E-state index contributed by atoms with van der Waals surface area (Å²) < 4.78 is 11.0.